The van der Waals surface area contributed by atoms with Crippen LogP contribution in [0.5, 0.6) is 0 Å². The van der Waals surface area contributed by atoms with Crippen LogP contribution in [0.3, 0.4) is 0 Å². The number of nitrogens with one attached hydrogen (secondary N) is 1. The van der Waals surface area contributed by atoms with Gasteiger partial charge in [0.2, 0.25) is 5.91 Å². The molecule has 0 aliphatic heterocycles. The molecule has 1 fully saturated rings. The number of rotatable bonds is 6. The van der Waals surface area contributed by atoms with Gasteiger partial charge in [-0.15, -0.1) is 0 Å². The van der Waals surface area contributed by atoms with Gasteiger partial charge in [0.1, 0.15) is 18.6 Å². The third-order valence-corrected chi connectivity index (χ3v) is 6.23. The Labute approximate surface area is 192 Å². The van der Waals surface area contributed by atoms with Crippen molar-refractivity contribution in [2.75, 3.05) is 14.1 Å². The van der Waals surface area contributed by atoms with Crippen molar-refractivity contribution in [1.29, 1.82) is 0 Å². The molecule has 1 saturated carbocycles. The lowest BCUT2D eigenvalue weighted by molar-refractivity contribution is -0.129. The van der Waals surface area contributed by atoms with Gasteiger partial charge >= 0.3 is 5.69 Å². The minimum Gasteiger partial charge on any atom is -0.373 e. The first-order chi connectivity index (χ1) is 15.2. The Hall–Kier alpha value is -2.65. The van der Waals surface area contributed by atoms with E-state index in [2.05, 4.69) is 10.4 Å². The van der Waals surface area contributed by atoms with Crippen LogP contribution in [0, 0.1) is 12.8 Å². The summed E-state index contributed by atoms with van der Waals surface area (Å²) < 4.78 is 2.40. The minimum atomic E-state index is -0.957. The van der Waals surface area contributed by atoms with E-state index < -0.39 is 17.8 Å². The molecule has 174 valence electrons. The van der Waals surface area contributed by atoms with Crippen molar-refractivity contribution >= 4 is 23.4 Å². The average molecular weight is 464 g/mol. The van der Waals surface area contributed by atoms with E-state index in [0.717, 1.165) is 43.2 Å². The van der Waals surface area contributed by atoms with Crippen LogP contribution in [-0.2, 0) is 11.3 Å². The molecule has 1 aromatic carbocycles. The van der Waals surface area contributed by atoms with E-state index in [1.54, 1.807) is 27.1 Å². The maximum atomic E-state index is 12.9. The second-order valence-corrected chi connectivity index (χ2v) is 8.86. The summed E-state index contributed by atoms with van der Waals surface area (Å²) in [4.78, 5) is 39.1. The first kappa shape index (κ1) is 24.0. The molecule has 2 aromatic rings. The maximum Gasteiger partial charge on any atom is 0.351 e. The maximum absolute atomic E-state index is 12.9. The quantitative estimate of drug-likeness (QED) is 0.503. The highest BCUT2D eigenvalue weighted by Gasteiger charge is 2.24. The third kappa shape index (κ3) is 5.39. The van der Waals surface area contributed by atoms with Crippen molar-refractivity contribution < 1.29 is 14.7 Å². The number of hydrogen-bond donors (Lipinski definition) is 2. The Morgan fingerprint density at radius 2 is 1.91 bits per heavy atom. The summed E-state index contributed by atoms with van der Waals surface area (Å²) in [6.45, 7) is 1.50. The highest BCUT2D eigenvalue weighted by molar-refractivity contribution is 6.33. The molecule has 3 rings (SSSR count). The second-order valence-electron chi connectivity index (χ2n) is 8.45. The van der Waals surface area contributed by atoms with Crippen molar-refractivity contribution in [2.45, 2.75) is 58.2 Å². The van der Waals surface area contributed by atoms with Gasteiger partial charge in [0, 0.05) is 20.0 Å². The molecule has 32 heavy (non-hydrogen) atoms. The number of aliphatic hydroxyl groups is 1. The van der Waals surface area contributed by atoms with Gasteiger partial charge < -0.3 is 15.3 Å². The lowest BCUT2D eigenvalue weighted by Gasteiger charge is -2.22. The second kappa shape index (κ2) is 10.3. The number of benzene rings is 1. The Kier molecular flexibility index (Phi) is 7.73. The molecular formula is C22H30ClN5O4. The summed E-state index contributed by atoms with van der Waals surface area (Å²) >= 11 is 6.25. The molecule has 1 aliphatic carbocycles. The van der Waals surface area contributed by atoms with Crippen LogP contribution in [0.2, 0.25) is 5.02 Å². The predicted octanol–water partition coefficient (Wildman–Crippen LogP) is 2.10. The predicted molar refractivity (Wildman–Crippen MR) is 121 cm³/mol. The smallest absolute Gasteiger partial charge is 0.351 e. The van der Waals surface area contributed by atoms with Crippen LogP contribution in [0.1, 0.15) is 54.7 Å². The monoisotopic (exact) mass is 463 g/mol. The summed E-state index contributed by atoms with van der Waals surface area (Å²) in [5, 5.41) is 17.6. The fourth-order valence-corrected chi connectivity index (χ4v) is 4.10. The first-order valence-corrected chi connectivity index (χ1v) is 11.2. The van der Waals surface area contributed by atoms with Crippen molar-refractivity contribution in [3.8, 4) is 5.69 Å². The lowest BCUT2D eigenvalue weighted by Crippen LogP contribution is -2.40. The summed E-state index contributed by atoms with van der Waals surface area (Å²) in [6.07, 6.45) is 5.14. The molecule has 9 nitrogen and oxygen atoms in total. The molecule has 1 unspecified atom stereocenters. The van der Waals surface area contributed by atoms with Gasteiger partial charge in [-0.3, -0.25) is 14.2 Å². The van der Waals surface area contributed by atoms with E-state index >= 15 is 0 Å². The van der Waals surface area contributed by atoms with E-state index in [4.69, 9.17) is 11.6 Å². The highest BCUT2D eigenvalue weighted by atomic mass is 35.5. The number of nitrogens with zero attached hydrogens (tertiary/aromatic N) is 4. The lowest BCUT2D eigenvalue weighted by atomic mass is 9.98. The number of aliphatic hydroxyl groups excluding tert-OH is 1. The molecule has 10 heteroatoms. The molecule has 1 aromatic heterocycles. The van der Waals surface area contributed by atoms with Crippen LogP contribution in [0.4, 0.5) is 0 Å². The molecule has 0 saturated heterocycles. The van der Waals surface area contributed by atoms with E-state index in [1.807, 2.05) is 0 Å². The minimum absolute atomic E-state index is 0.0126. The zero-order valence-corrected chi connectivity index (χ0v) is 19.4. The summed E-state index contributed by atoms with van der Waals surface area (Å²) in [6, 6.07) is 4.55. The normalized spacial score (nSPS) is 15.8. The number of aromatic nitrogens is 3. The Bertz CT molecular complexity index is 1040. The van der Waals surface area contributed by atoms with Gasteiger partial charge in [0.15, 0.2) is 0 Å². The summed E-state index contributed by atoms with van der Waals surface area (Å²) in [7, 11) is 3.22. The van der Waals surface area contributed by atoms with Crippen LogP contribution in [0.25, 0.3) is 5.69 Å². The van der Waals surface area contributed by atoms with Crippen molar-refractivity contribution in [3.63, 3.8) is 0 Å². The number of hydrogen-bond acceptors (Lipinski definition) is 5. The number of carbonyl (C=O) groups is 2. The zero-order valence-electron chi connectivity index (χ0n) is 18.7. The highest BCUT2D eigenvalue weighted by Crippen LogP contribution is 2.25. The Morgan fingerprint density at radius 1 is 1.25 bits per heavy atom. The van der Waals surface area contributed by atoms with Gasteiger partial charge in [-0.25, -0.2) is 4.79 Å². The van der Waals surface area contributed by atoms with Gasteiger partial charge in [-0.2, -0.15) is 9.78 Å². The van der Waals surface area contributed by atoms with Crippen LogP contribution < -0.4 is 11.0 Å². The zero-order chi connectivity index (χ0) is 23.4. The van der Waals surface area contributed by atoms with Gasteiger partial charge in [0.25, 0.3) is 5.91 Å². The number of carbonyl (C=O) groups excluding carboxylic acids is 2. The third-order valence-electron chi connectivity index (χ3n) is 5.90. The van der Waals surface area contributed by atoms with Gasteiger partial charge in [-0.05, 0) is 38.0 Å². The van der Waals surface area contributed by atoms with Gasteiger partial charge in [-0.1, -0.05) is 37.3 Å². The summed E-state index contributed by atoms with van der Waals surface area (Å²) in [5.41, 5.74) is -0.0159. The molecule has 0 bridgehead atoms. The standard InChI is InChI=1S/C22H30ClN5O4/c1-14-25-28(22(32)27(14)13-19(29)26(2)3)16-10-11-18(23)17(12-16)21(31)24-20(30)15-8-6-4-5-7-9-15/h10-12,15,20,30H,4-9,13H2,1-3H3,(H,24,31). The Balaban J connectivity index is 1.83. The summed E-state index contributed by atoms with van der Waals surface area (Å²) in [5.74, 6) is -0.368. The van der Waals surface area contributed by atoms with E-state index in [9.17, 15) is 19.5 Å². The number of amides is 2. The topological polar surface area (TPSA) is 109 Å². The molecule has 1 atom stereocenters. The van der Waals surface area contributed by atoms with Crippen molar-refractivity contribution in [2.24, 2.45) is 5.92 Å². The number of likely N-dealkylation sites (N-methyl/N-ethyl adjacent to an activating group) is 1. The van der Waals surface area contributed by atoms with E-state index in [0.29, 0.717) is 11.5 Å². The first-order valence-electron chi connectivity index (χ1n) is 10.8. The fraction of sp³-hybridized carbons (Fsp3) is 0.545. The SMILES string of the molecule is Cc1nn(-c2ccc(Cl)c(C(=O)NC(O)C3CCCCCC3)c2)c(=O)n1CC(=O)N(C)C. The largest absolute Gasteiger partial charge is 0.373 e. The van der Waals surface area contributed by atoms with E-state index in [-0.39, 0.29) is 29.0 Å². The molecule has 1 aliphatic rings. The van der Waals surface area contributed by atoms with Crippen LogP contribution >= 0.6 is 11.6 Å². The van der Waals surface area contributed by atoms with Crippen molar-refractivity contribution in [3.05, 3.63) is 45.1 Å². The molecule has 1 heterocycles. The molecule has 0 spiro atoms. The Morgan fingerprint density at radius 3 is 2.53 bits per heavy atom. The van der Waals surface area contributed by atoms with Gasteiger partial charge in [0.05, 0.1) is 16.3 Å². The fourth-order valence-electron chi connectivity index (χ4n) is 3.90. The van der Waals surface area contributed by atoms with Crippen LogP contribution in [0.15, 0.2) is 23.0 Å². The van der Waals surface area contributed by atoms with Crippen LogP contribution in [-0.4, -0.2) is 56.5 Å². The average Bonchev–Trinajstić information content (AvgIpc) is 2.94. The molecule has 0 radical (unpaired) electrons. The number of aryl methyl sites for hydroxylation is 1. The molecule has 2 amide bonds. The molecule has 2 N–H and O–H groups in total. The van der Waals surface area contributed by atoms with E-state index in [1.165, 1.54) is 21.6 Å². The number of halogens is 1. The molecular weight excluding hydrogens is 434 g/mol. The van der Waals surface area contributed by atoms with Crippen molar-refractivity contribution in [1.82, 2.24) is 24.6 Å².